The molecule has 1 unspecified atom stereocenters. The van der Waals surface area contributed by atoms with Gasteiger partial charge in [-0.2, -0.15) is 5.26 Å². The molecule has 1 rings (SSSR count). The zero-order valence-corrected chi connectivity index (χ0v) is 10.3. The van der Waals surface area contributed by atoms with Gasteiger partial charge >= 0.3 is 0 Å². The largest absolute Gasteiger partial charge is 0.378 e. The van der Waals surface area contributed by atoms with Crippen molar-refractivity contribution in [1.82, 2.24) is 0 Å². The first-order valence-corrected chi connectivity index (χ1v) is 5.65. The normalized spacial score (nSPS) is 11.9. The zero-order chi connectivity index (χ0) is 12.1. The first-order valence-electron chi connectivity index (χ1n) is 4.86. The maximum atomic E-state index is 13.4. The summed E-state index contributed by atoms with van der Waals surface area (Å²) in [5.74, 6) is -1.30. The third-order valence-electron chi connectivity index (χ3n) is 2.19. The molecular weight excluding hydrogens is 278 g/mol. The Bertz CT molecular complexity index is 392. The second-order valence-electron chi connectivity index (χ2n) is 3.36. The van der Waals surface area contributed by atoms with Crippen molar-refractivity contribution in [2.45, 2.75) is 25.8 Å². The Balaban J connectivity index is 2.92. The molecule has 0 aliphatic carbocycles. The number of nitrogens with zero attached hydrogens (tertiary/aromatic N) is 1. The molecule has 0 aliphatic rings. The van der Waals surface area contributed by atoms with Crippen LogP contribution in [0.5, 0.6) is 0 Å². The highest BCUT2D eigenvalue weighted by atomic mass is 79.9. The van der Waals surface area contributed by atoms with E-state index in [9.17, 15) is 8.78 Å². The standard InChI is InChI=1S/C11H11BrF2N2/c1-2-8(3-4-15)16-11-9(12)5-7(13)6-10(11)14/h5-6,8,16H,2-3H2,1H3. The second-order valence-corrected chi connectivity index (χ2v) is 4.21. The van der Waals surface area contributed by atoms with Crippen molar-refractivity contribution < 1.29 is 8.78 Å². The molecule has 0 heterocycles. The van der Waals surface area contributed by atoms with Crippen molar-refractivity contribution in [3.8, 4) is 6.07 Å². The molecule has 0 radical (unpaired) electrons. The molecule has 0 saturated heterocycles. The summed E-state index contributed by atoms with van der Waals surface area (Å²) in [6.07, 6.45) is 0.969. The predicted octanol–water partition coefficient (Wildman–Crippen LogP) is 3.83. The monoisotopic (exact) mass is 288 g/mol. The second kappa shape index (κ2) is 5.80. The zero-order valence-electron chi connectivity index (χ0n) is 8.73. The number of benzene rings is 1. The van der Waals surface area contributed by atoms with Crippen LogP contribution in [0, 0.1) is 23.0 Å². The molecule has 86 valence electrons. The van der Waals surface area contributed by atoms with Crippen molar-refractivity contribution in [1.29, 1.82) is 5.26 Å². The molecule has 1 aromatic rings. The summed E-state index contributed by atoms with van der Waals surface area (Å²) in [7, 11) is 0. The smallest absolute Gasteiger partial charge is 0.150 e. The van der Waals surface area contributed by atoms with Crippen LogP contribution in [0.4, 0.5) is 14.5 Å². The minimum atomic E-state index is -0.664. The van der Waals surface area contributed by atoms with Gasteiger partial charge in [-0.05, 0) is 28.4 Å². The number of nitrogens with one attached hydrogen (secondary N) is 1. The summed E-state index contributed by atoms with van der Waals surface area (Å²) in [6.45, 7) is 1.89. The van der Waals surface area contributed by atoms with Gasteiger partial charge in [-0.1, -0.05) is 6.92 Å². The van der Waals surface area contributed by atoms with Crippen LogP contribution in [0.3, 0.4) is 0 Å². The number of hydrogen-bond donors (Lipinski definition) is 1. The summed E-state index contributed by atoms with van der Waals surface area (Å²) in [4.78, 5) is 0. The summed E-state index contributed by atoms with van der Waals surface area (Å²) in [6, 6.07) is 3.87. The molecule has 2 nitrogen and oxygen atoms in total. The van der Waals surface area contributed by atoms with E-state index in [0.717, 1.165) is 6.07 Å². The molecule has 0 saturated carbocycles. The summed E-state index contributed by atoms with van der Waals surface area (Å²) in [5, 5.41) is 11.5. The van der Waals surface area contributed by atoms with Gasteiger partial charge in [0.05, 0.1) is 18.2 Å². The molecule has 1 atom stereocenters. The van der Waals surface area contributed by atoms with E-state index in [1.54, 1.807) is 0 Å². The van der Waals surface area contributed by atoms with Crippen LogP contribution >= 0.6 is 15.9 Å². The fraction of sp³-hybridized carbons (Fsp3) is 0.364. The molecule has 5 heteroatoms. The Labute approximate surface area is 101 Å². The van der Waals surface area contributed by atoms with Gasteiger partial charge in [-0.15, -0.1) is 0 Å². The summed E-state index contributed by atoms with van der Waals surface area (Å²) < 4.78 is 26.6. The third-order valence-corrected chi connectivity index (χ3v) is 2.81. The number of rotatable bonds is 4. The fourth-order valence-electron chi connectivity index (χ4n) is 1.29. The van der Waals surface area contributed by atoms with Crippen LogP contribution in [0.2, 0.25) is 0 Å². The molecule has 16 heavy (non-hydrogen) atoms. The van der Waals surface area contributed by atoms with E-state index in [1.807, 2.05) is 13.0 Å². The maximum Gasteiger partial charge on any atom is 0.150 e. The van der Waals surface area contributed by atoms with Crippen LogP contribution in [-0.2, 0) is 0 Å². The highest BCUT2D eigenvalue weighted by Gasteiger charge is 2.13. The average molecular weight is 289 g/mol. The lowest BCUT2D eigenvalue weighted by Gasteiger charge is -2.17. The number of halogens is 3. The molecule has 1 aromatic carbocycles. The number of anilines is 1. The minimum Gasteiger partial charge on any atom is -0.378 e. The Morgan fingerprint density at radius 3 is 2.69 bits per heavy atom. The summed E-state index contributed by atoms with van der Waals surface area (Å²) in [5.41, 5.74) is 0.198. The van der Waals surface area contributed by atoms with Crippen molar-refractivity contribution in [3.05, 3.63) is 28.2 Å². The first kappa shape index (κ1) is 12.9. The lowest BCUT2D eigenvalue weighted by atomic mass is 10.1. The lowest BCUT2D eigenvalue weighted by molar-refractivity contribution is 0.580. The minimum absolute atomic E-state index is 0.138. The molecule has 0 aromatic heterocycles. The number of nitriles is 1. The van der Waals surface area contributed by atoms with Gasteiger partial charge in [0.2, 0.25) is 0 Å². The highest BCUT2D eigenvalue weighted by Crippen LogP contribution is 2.28. The Morgan fingerprint density at radius 1 is 1.50 bits per heavy atom. The van der Waals surface area contributed by atoms with Gasteiger partial charge in [-0.25, -0.2) is 8.78 Å². The molecular formula is C11H11BrF2N2. The fourth-order valence-corrected chi connectivity index (χ4v) is 1.81. The van der Waals surface area contributed by atoms with Gasteiger partial charge in [0.1, 0.15) is 11.6 Å². The van der Waals surface area contributed by atoms with Gasteiger partial charge in [0.15, 0.2) is 0 Å². The average Bonchev–Trinajstić information content (AvgIpc) is 2.21. The van der Waals surface area contributed by atoms with E-state index >= 15 is 0 Å². The van der Waals surface area contributed by atoms with E-state index in [1.165, 1.54) is 6.07 Å². The van der Waals surface area contributed by atoms with Crippen molar-refractivity contribution in [2.75, 3.05) is 5.32 Å². The maximum absolute atomic E-state index is 13.4. The van der Waals surface area contributed by atoms with Gasteiger partial charge in [0, 0.05) is 16.6 Å². The molecule has 0 aliphatic heterocycles. The van der Waals surface area contributed by atoms with E-state index in [0.29, 0.717) is 10.9 Å². The van der Waals surface area contributed by atoms with Gasteiger partial charge < -0.3 is 5.32 Å². The highest BCUT2D eigenvalue weighted by molar-refractivity contribution is 9.10. The predicted molar refractivity (Wildman–Crippen MR) is 62.0 cm³/mol. The van der Waals surface area contributed by atoms with Crippen molar-refractivity contribution >= 4 is 21.6 Å². The van der Waals surface area contributed by atoms with Crippen molar-refractivity contribution in [3.63, 3.8) is 0 Å². The molecule has 0 spiro atoms. The van der Waals surface area contributed by atoms with E-state index < -0.39 is 11.6 Å². The van der Waals surface area contributed by atoms with E-state index in [-0.39, 0.29) is 18.2 Å². The summed E-state index contributed by atoms with van der Waals surface area (Å²) >= 11 is 3.08. The Hall–Kier alpha value is -1.15. The van der Waals surface area contributed by atoms with Crippen LogP contribution in [0.25, 0.3) is 0 Å². The SMILES string of the molecule is CCC(CC#N)Nc1c(F)cc(F)cc1Br. The van der Waals surface area contributed by atoms with Crippen molar-refractivity contribution in [2.24, 2.45) is 0 Å². The van der Waals surface area contributed by atoms with Crippen LogP contribution in [0.1, 0.15) is 19.8 Å². The van der Waals surface area contributed by atoms with Gasteiger partial charge in [0.25, 0.3) is 0 Å². The quantitative estimate of drug-likeness (QED) is 0.914. The molecule has 1 N–H and O–H groups in total. The van der Waals surface area contributed by atoms with Crippen LogP contribution < -0.4 is 5.32 Å². The number of hydrogen-bond acceptors (Lipinski definition) is 2. The van der Waals surface area contributed by atoms with E-state index in [4.69, 9.17) is 5.26 Å². The molecule has 0 fully saturated rings. The van der Waals surface area contributed by atoms with Gasteiger partial charge in [-0.3, -0.25) is 0 Å². The Kier molecular flexibility index (Phi) is 4.69. The molecule has 0 bridgehead atoms. The lowest BCUT2D eigenvalue weighted by Crippen LogP contribution is -2.18. The van der Waals surface area contributed by atoms with Crippen LogP contribution in [0.15, 0.2) is 16.6 Å². The Morgan fingerprint density at radius 2 is 2.19 bits per heavy atom. The molecule has 0 amide bonds. The van der Waals surface area contributed by atoms with E-state index in [2.05, 4.69) is 21.2 Å². The topological polar surface area (TPSA) is 35.8 Å². The first-order chi connectivity index (χ1) is 7.58. The van der Waals surface area contributed by atoms with Crippen LogP contribution in [-0.4, -0.2) is 6.04 Å². The third kappa shape index (κ3) is 3.17.